The molecule has 0 aliphatic rings. The average Bonchev–Trinajstić information content (AvgIpc) is 3.32. The summed E-state index contributed by atoms with van der Waals surface area (Å²) in [5, 5.41) is 19.3. The van der Waals surface area contributed by atoms with Crippen LogP contribution in [-0.2, 0) is 6.54 Å². The van der Waals surface area contributed by atoms with Crippen LogP contribution >= 0.6 is 11.3 Å². The first-order chi connectivity index (χ1) is 11.8. The van der Waals surface area contributed by atoms with Gasteiger partial charge in [-0.2, -0.15) is 16.4 Å². The molecule has 4 aromatic heterocycles. The van der Waals surface area contributed by atoms with Gasteiger partial charge in [-0.3, -0.25) is 0 Å². The lowest BCUT2D eigenvalue weighted by Crippen LogP contribution is -1.94. The summed E-state index contributed by atoms with van der Waals surface area (Å²) in [6.07, 6.45) is 5.16. The molecule has 0 unspecified atom stereocenters. The molecule has 4 heterocycles. The Bertz CT molecular complexity index is 1010. The second kappa shape index (κ2) is 5.93. The van der Waals surface area contributed by atoms with Gasteiger partial charge in [-0.1, -0.05) is 0 Å². The molecule has 0 aromatic carbocycles. The number of pyridine rings is 1. The highest BCUT2D eigenvalue weighted by atomic mass is 32.1. The van der Waals surface area contributed by atoms with Gasteiger partial charge in [0.1, 0.15) is 11.5 Å². The highest BCUT2D eigenvalue weighted by Crippen LogP contribution is 2.30. The summed E-state index contributed by atoms with van der Waals surface area (Å²) in [6, 6.07) is 5.90. The average molecular weight is 337 g/mol. The fraction of sp³-hybridized carbons (Fsp3) is 0.118. The Morgan fingerprint density at radius 3 is 3.08 bits per heavy atom. The van der Waals surface area contributed by atoms with Crippen molar-refractivity contribution in [2.24, 2.45) is 4.99 Å². The van der Waals surface area contributed by atoms with E-state index in [4.69, 9.17) is 0 Å². The van der Waals surface area contributed by atoms with Gasteiger partial charge in [-0.15, -0.1) is 0 Å². The molecule has 7 heteroatoms. The Hall–Kier alpha value is -2.93. The van der Waals surface area contributed by atoms with E-state index in [-0.39, 0.29) is 5.88 Å². The van der Waals surface area contributed by atoms with Gasteiger partial charge in [0.25, 0.3) is 0 Å². The van der Waals surface area contributed by atoms with Crippen molar-refractivity contribution >= 4 is 34.4 Å². The van der Waals surface area contributed by atoms with E-state index >= 15 is 0 Å². The number of aromatic amines is 1. The van der Waals surface area contributed by atoms with Crippen LogP contribution in [0.25, 0.3) is 22.2 Å². The molecule has 0 radical (unpaired) electrons. The van der Waals surface area contributed by atoms with Gasteiger partial charge in [0, 0.05) is 36.0 Å². The topological polar surface area (TPSA) is 79.1 Å². The van der Waals surface area contributed by atoms with Crippen LogP contribution < -0.4 is 0 Å². The van der Waals surface area contributed by atoms with Crippen molar-refractivity contribution in [3.8, 4) is 17.0 Å². The zero-order valence-corrected chi connectivity index (χ0v) is 13.8. The van der Waals surface area contributed by atoms with Crippen LogP contribution in [0.4, 0.5) is 5.82 Å². The number of aryl methyl sites for hydroxylation is 1. The molecular formula is C17H15N5OS. The summed E-state index contributed by atoms with van der Waals surface area (Å²) >= 11 is 1.64. The first kappa shape index (κ1) is 14.6. The minimum absolute atomic E-state index is 0.0614. The molecule has 0 saturated heterocycles. The minimum atomic E-state index is 0.0614. The number of hydrogen-bond acceptors (Lipinski definition) is 5. The smallest absolute Gasteiger partial charge is 0.199 e. The van der Waals surface area contributed by atoms with Crippen molar-refractivity contribution < 1.29 is 5.11 Å². The summed E-state index contributed by atoms with van der Waals surface area (Å²) in [6.45, 7) is 2.75. The van der Waals surface area contributed by atoms with E-state index < -0.39 is 0 Å². The Labute approximate surface area is 142 Å². The van der Waals surface area contributed by atoms with Gasteiger partial charge in [-0.05, 0) is 35.4 Å². The van der Waals surface area contributed by atoms with Crippen molar-refractivity contribution in [1.82, 2.24) is 19.7 Å². The SMILES string of the molecule is CCn1nccc1N=Cc1c(O)[nH]c2ncc(-c3ccsc3)cc12. The van der Waals surface area contributed by atoms with E-state index in [1.807, 2.05) is 30.5 Å². The number of nitrogens with zero attached hydrogens (tertiary/aromatic N) is 4. The third-order valence-corrected chi connectivity index (χ3v) is 4.53. The van der Waals surface area contributed by atoms with E-state index in [9.17, 15) is 5.11 Å². The monoisotopic (exact) mass is 337 g/mol. The van der Waals surface area contributed by atoms with E-state index in [0.29, 0.717) is 11.2 Å². The number of hydrogen-bond donors (Lipinski definition) is 2. The highest BCUT2D eigenvalue weighted by molar-refractivity contribution is 7.08. The van der Waals surface area contributed by atoms with E-state index in [1.165, 1.54) is 0 Å². The number of aromatic nitrogens is 4. The molecule has 120 valence electrons. The minimum Gasteiger partial charge on any atom is -0.494 e. The molecule has 4 aromatic rings. The predicted molar refractivity (Wildman–Crippen MR) is 96.2 cm³/mol. The van der Waals surface area contributed by atoms with Crippen molar-refractivity contribution in [2.75, 3.05) is 0 Å². The molecule has 0 amide bonds. The Morgan fingerprint density at radius 1 is 1.38 bits per heavy atom. The maximum absolute atomic E-state index is 10.2. The normalized spacial score (nSPS) is 11.7. The molecule has 0 saturated carbocycles. The zero-order valence-electron chi connectivity index (χ0n) is 13.0. The first-order valence-corrected chi connectivity index (χ1v) is 8.49. The lowest BCUT2D eigenvalue weighted by Gasteiger charge is -1.99. The molecule has 4 rings (SSSR count). The van der Waals surface area contributed by atoms with Crippen LogP contribution in [0.2, 0.25) is 0 Å². The summed E-state index contributed by atoms with van der Waals surface area (Å²) in [7, 11) is 0. The van der Waals surface area contributed by atoms with Crippen LogP contribution in [0.5, 0.6) is 5.88 Å². The second-order valence-electron chi connectivity index (χ2n) is 5.28. The molecule has 6 nitrogen and oxygen atoms in total. The first-order valence-electron chi connectivity index (χ1n) is 7.55. The van der Waals surface area contributed by atoms with Crippen LogP contribution in [-0.4, -0.2) is 31.1 Å². The maximum atomic E-state index is 10.2. The quantitative estimate of drug-likeness (QED) is 0.553. The summed E-state index contributed by atoms with van der Waals surface area (Å²) in [5.74, 6) is 0.805. The van der Waals surface area contributed by atoms with Crippen LogP contribution in [0.15, 0.2) is 46.3 Å². The largest absolute Gasteiger partial charge is 0.494 e. The summed E-state index contributed by atoms with van der Waals surface area (Å²) < 4.78 is 1.79. The number of nitrogens with one attached hydrogen (secondary N) is 1. The molecule has 0 aliphatic heterocycles. The molecule has 0 bridgehead atoms. The predicted octanol–water partition coefficient (Wildman–Crippen LogP) is 3.96. The molecule has 0 aliphatic carbocycles. The van der Waals surface area contributed by atoms with Gasteiger partial charge >= 0.3 is 0 Å². The van der Waals surface area contributed by atoms with Crippen molar-refractivity contribution in [1.29, 1.82) is 0 Å². The van der Waals surface area contributed by atoms with Gasteiger partial charge in [0.2, 0.25) is 0 Å². The number of fused-ring (bicyclic) bond motifs is 1. The van der Waals surface area contributed by atoms with Crippen LogP contribution in [0.1, 0.15) is 12.5 Å². The standard InChI is InChI=1S/C17H15N5OS/c1-2-22-15(3-5-20-22)18-9-14-13-7-12(11-4-6-24-10-11)8-19-16(13)21-17(14)23/h3-10,23H,2H2,1H3,(H,19,21). The van der Waals surface area contributed by atoms with Gasteiger partial charge in [0.15, 0.2) is 5.88 Å². The molecule has 0 fully saturated rings. The van der Waals surface area contributed by atoms with E-state index in [2.05, 4.69) is 25.4 Å². The number of thiophene rings is 1. The molecule has 0 atom stereocenters. The van der Waals surface area contributed by atoms with Gasteiger partial charge < -0.3 is 10.1 Å². The third kappa shape index (κ3) is 2.48. The fourth-order valence-corrected chi connectivity index (χ4v) is 3.27. The second-order valence-corrected chi connectivity index (χ2v) is 6.06. The lowest BCUT2D eigenvalue weighted by atomic mass is 10.1. The summed E-state index contributed by atoms with van der Waals surface area (Å²) in [5.41, 5.74) is 3.38. The highest BCUT2D eigenvalue weighted by Gasteiger charge is 2.12. The van der Waals surface area contributed by atoms with Crippen molar-refractivity contribution in [2.45, 2.75) is 13.5 Å². The molecular weight excluding hydrogens is 322 g/mol. The molecule has 0 spiro atoms. The Balaban J connectivity index is 1.79. The number of H-pyrrole nitrogens is 1. The number of aliphatic imine (C=N–C) groups is 1. The van der Waals surface area contributed by atoms with E-state index in [1.54, 1.807) is 34.6 Å². The molecule has 24 heavy (non-hydrogen) atoms. The zero-order chi connectivity index (χ0) is 16.5. The molecule has 2 N–H and O–H groups in total. The maximum Gasteiger partial charge on any atom is 0.199 e. The summed E-state index contributed by atoms with van der Waals surface area (Å²) in [4.78, 5) is 11.8. The van der Waals surface area contributed by atoms with Crippen molar-refractivity contribution in [3.05, 3.63) is 46.9 Å². The lowest BCUT2D eigenvalue weighted by molar-refractivity contribution is 0.457. The van der Waals surface area contributed by atoms with Gasteiger partial charge in [0.05, 0.1) is 11.8 Å². The number of aromatic hydroxyl groups is 1. The van der Waals surface area contributed by atoms with Gasteiger partial charge in [-0.25, -0.2) is 14.7 Å². The Morgan fingerprint density at radius 2 is 2.29 bits per heavy atom. The fourth-order valence-electron chi connectivity index (χ4n) is 2.60. The Kier molecular flexibility index (Phi) is 3.62. The van der Waals surface area contributed by atoms with Crippen molar-refractivity contribution in [3.63, 3.8) is 0 Å². The number of rotatable bonds is 4. The van der Waals surface area contributed by atoms with E-state index in [0.717, 1.165) is 28.9 Å². The third-order valence-electron chi connectivity index (χ3n) is 3.84. The van der Waals surface area contributed by atoms with Crippen LogP contribution in [0.3, 0.4) is 0 Å². The van der Waals surface area contributed by atoms with Crippen LogP contribution in [0, 0.1) is 0 Å².